The maximum atomic E-state index is 13.9. The molecule has 116 valence electrons. The first-order chi connectivity index (χ1) is 10.2. The van der Waals surface area contributed by atoms with Crippen LogP contribution in [0.25, 0.3) is 11.1 Å². The molecule has 0 fully saturated rings. The predicted octanol–water partition coefficient (Wildman–Crippen LogP) is 3.63. The van der Waals surface area contributed by atoms with E-state index in [2.05, 4.69) is 0 Å². The maximum absolute atomic E-state index is 13.9. The normalized spacial score (nSPS) is 13.0. The average Bonchev–Trinajstić information content (AvgIpc) is 2.45. The highest BCUT2D eigenvalue weighted by molar-refractivity contribution is 5.80. The standard InChI is InChI=1S/C15H10F4O3/c16-11-7-3-5-9(12(11)13(20)14(21)22)8-4-1-2-6-10(8)15(17,18)19/h1-7,13,20H,(H,21,22). The van der Waals surface area contributed by atoms with Crippen LogP contribution < -0.4 is 0 Å². The van der Waals surface area contributed by atoms with E-state index < -0.39 is 40.8 Å². The van der Waals surface area contributed by atoms with Crippen LogP contribution in [0.5, 0.6) is 0 Å². The van der Waals surface area contributed by atoms with Crippen molar-refractivity contribution in [1.29, 1.82) is 0 Å². The number of aliphatic hydroxyl groups excluding tert-OH is 1. The number of benzene rings is 2. The summed E-state index contributed by atoms with van der Waals surface area (Å²) in [7, 11) is 0. The van der Waals surface area contributed by atoms with Gasteiger partial charge in [0.05, 0.1) is 5.56 Å². The Morgan fingerprint density at radius 1 is 1.00 bits per heavy atom. The average molecular weight is 314 g/mol. The van der Waals surface area contributed by atoms with Crippen LogP contribution in [-0.2, 0) is 11.0 Å². The number of alkyl halides is 3. The number of rotatable bonds is 3. The number of hydrogen-bond donors (Lipinski definition) is 2. The number of hydrogen-bond acceptors (Lipinski definition) is 2. The summed E-state index contributed by atoms with van der Waals surface area (Å²) in [5.41, 5.74) is -2.46. The van der Waals surface area contributed by atoms with Crippen LogP contribution in [-0.4, -0.2) is 16.2 Å². The lowest BCUT2D eigenvalue weighted by Gasteiger charge is -2.17. The molecule has 2 N–H and O–H groups in total. The first kappa shape index (κ1) is 16.0. The lowest BCUT2D eigenvalue weighted by Crippen LogP contribution is -2.15. The van der Waals surface area contributed by atoms with E-state index in [9.17, 15) is 27.5 Å². The van der Waals surface area contributed by atoms with Gasteiger partial charge in [-0.15, -0.1) is 0 Å². The number of carboxylic acids is 1. The fourth-order valence-electron chi connectivity index (χ4n) is 2.14. The first-order valence-electron chi connectivity index (χ1n) is 6.09. The predicted molar refractivity (Wildman–Crippen MR) is 69.4 cm³/mol. The summed E-state index contributed by atoms with van der Waals surface area (Å²) in [6.45, 7) is 0. The van der Waals surface area contributed by atoms with Gasteiger partial charge in [0.15, 0.2) is 6.10 Å². The van der Waals surface area contributed by atoms with Crippen LogP contribution >= 0.6 is 0 Å². The molecule has 0 spiro atoms. The first-order valence-corrected chi connectivity index (χ1v) is 6.09. The zero-order chi connectivity index (χ0) is 16.5. The molecule has 0 heterocycles. The van der Waals surface area contributed by atoms with E-state index in [1.54, 1.807) is 0 Å². The van der Waals surface area contributed by atoms with Gasteiger partial charge in [-0.3, -0.25) is 0 Å². The Balaban J connectivity index is 2.75. The molecule has 3 nitrogen and oxygen atoms in total. The van der Waals surface area contributed by atoms with Crippen molar-refractivity contribution in [3.8, 4) is 11.1 Å². The van der Waals surface area contributed by atoms with Crippen molar-refractivity contribution in [2.75, 3.05) is 0 Å². The van der Waals surface area contributed by atoms with Crippen molar-refractivity contribution in [2.45, 2.75) is 12.3 Å². The van der Waals surface area contributed by atoms with Crippen molar-refractivity contribution in [3.63, 3.8) is 0 Å². The highest BCUT2D eigenvalue weighted by atomic mass is 19.4. The molecule has 7 heteroatoms. The molecule has 2 rings (SSSR count). The van der Waals surface area contributed by atoms with Crippen molar-refractivity contribution < 1.29 is 32.6 Å². The molecule has 22 heavy (non-hydrogen) atoms. The quantitative estimate of drug-likeness (QED) is 0.851. The summed E-state index contributed by atoms with van der Waals surface area (Å²) in [6, 6.07) is 7.53. The second kappa shape index (κ2) is 5.76. The monoisotopic (exact) mass is 314 g/mol. The van der Waals surface area contributed by atoms with Crippen LogP contribution in [0.3, 0.4) is 0 Å². The summed E-state index contributed by atoms with van der Waals surface area (Å²) < 4.78 is 53.0. The number of halogens is 4. The largest absolute Gasteiger partial charge is 0.479 e. The number of carbonyl (C=O) groups is 1. The van der Waals surface area contributed by atoms with Gasteiger partial charge in [0.1, 0.15) is 5.82 Å². The molecule has 0 aromatic heterocycles. The highest BCUT2D eigenvalue weighted by Gasteiger charge is 2.35. The van der Waals surface area contributed by atoms with E-state index in [0.717, 1.165) is 30.3 Å². The minimum atomic E-state index is -4.70. The molecule has 0 saturated heterocycles. The SMILES string of the molecule is O=C(O)C(O)c1c(F)cccc1-c1ccccc1C(F)(F)F. The molecule has 0 aliphatic rings. The third kappa shape index (κ3) is 2.94. The number of aliphatic carboxylic acids is 1. The molecular weight excluding hydrogens is 304 g/mol. The van der Waals surface area contributed by atoms with Gasteiger partial charge in [0.25, 0.3) is 0 Å². The Morgan fingerprint density at radius 3 is 2.18 bits per heavy atom. The van der Waals surface area contributed by atoms with Gasteiger partial charge in [0, 0.05) is 5.56 Å². The van der Waals surface area contributed by atoms with Gasteiger partial charge in [-0.2, -0.15) is 13.2 Å². The topological polar surface area (TPSA) is 57.5 Å². The fraction of sp³-hybridized carbons (Fsp3) is 0.133. The third-order valence-corrected chi connectivity index (χ3v) is 3.08. The van der Waals surface area contributed by atoms with Crippen LogP contribution in [0, 0.1) is 5.82 Å². The Hall–Kier alpha value is -2.41. The highest BCUT2D eigenvalue weighted by Crippen LogP contribution is 2.39. The summed E-state index contributed by atoms with van der Waals surface area (Å²) in [4.78, 5) is 10.9. The van der Waals surface area contributed by atoms with Gasteiger partial charge >= 0.3 is 12.1 Å². The zero-order valence-electron chi connectivity index (χ0n) is 10.9. The lowest BCUT2D eigenvalue weighted by molar-refractivity contribution is -0.147. The Morgan fingerprint density at radius 2 is 1.59 bits per heavy atom. The summed E-state index contributed by atoms with van der Waals surface area (Å²) in [6.07, 6.45) is -6.97. The summed E-state index contributed by atoms with van der Waals surface area (Å²) in [5, 5.41) is 18.4. The van der Waals surface area contributed by atoms with Gasteiger partial charge in [-0.1, -0.05) is 30.3 Å². The number of carboxylic acid groups (broad SMARTS) is 1. The van der Waals surface area contributed by atoms with Crippen LogP contribution in [0.15, 0.2) is 42.5 Å². The molecule has 2 aromatic rings. The lowest BCUT2D eigenvalue weighted by atomic mass is 9.92. The zero-order valence-corrected chi connectivity index (χ0v) is 10.9. The van der Waals surface area contributed by atoms with Gasteiger partial charge in [0.2, 0.25) is 0 Å². The molecular formula is C15H10F4O3. The molecule has 0 bridgehead atoms. The molecule has 0 saturated carbocycles. The smallest absolute Gasteiger partial charge is 0.417 e. The molecule has 0 radical (unpaired) electrons. The van der Waals surface area contributed by atoms with Gasteiger partial charge in [-0.25, -0.2) is 9.18 Å². The van der Waals surface area contributed by atoms with Crippen molar-refractivity contribution in [1.82, 2.24) is 0 Å². The van der Waals surface area contributed by atoms with Crippen molar-refractivity contribution >= 4 is 5.97 Å². The van der Waals surface area contributed by atoms with Crippen LogP contribution in [0.1, 0.15) is 17.2 Å². The molecule has 0 aliphatic carbocycles. The van der Waals surface area contributed by atoms with E-state index in [4.69, 9.17) is 5.11 Å². The Kier molecular flexibility index (Phi) is 4.18. The van der Waals surface area contributed by atoms with E-state index >= 15 is 0 Å². The second-order valence-electron chi connectivity index (χ2n) is 4.49. The molecule has 0 aliphatic heterocycles. The Labute approximate surface area is 122 Å². The number of aliphatic hydroxyl groups is 1. The van der Waals surface area contributed by atoms with Gasteiger partial charge in [-0.05, 0) is 23.3 Å². The molecule has 1 atom stereocenters. The third-order valence-electron chi connectivity index (χ3n) is 3.08. The fourth-order valence-corrected chi connectivity index (χ4v) is 2.14. The van der Waals surface area contributed by atoms with E-state index in [1.807, 2.05) is 0 Å². The maximum Gasteiger partial charge on any atom is 0.417 e. The molecule has 0 amide bonds. The van der Waals surface area contributed by atoms with E-state index in [0.29, 0.717) is 0 Å². The second-order valence-corrected chi connectivity index (χ2v) is 4.49. The van der Waals surface area contributed by atoms with Crippen molar-refractivity contribution in [2.24, 2.45) is 0 Å². The Bertz CT molecular complexity index is 710. The molecule has 2 aromatic carbocycles. The summed E-state index contributed by atoms with van der Waals surface area (Å²) >= 11 is 0. The van der Waals surface area contributed by atoms with E-state index in [-0.39, 0.29) is 5.56 Å². The van der Waals surface area contributed by atoms with Crippen LogP contribution in [0.2, 0.25) is 0 Å². The summed E-state index contributed by atoms with van der Waals surface area (Å²) in [5.74, 6) is -2.85. The van der Waals surface area contributed by atoms with Crippen LogP contribution in [0.4, 0.5) is 17.6 Å². The minimum Gasteiger partial charge on any atom is -0.479 e. The van der Waals surface area contributed by atoms with Gasteiger partial charge < -0.3 is 10.2 Å². The van der Waals surface area contributed by atoms with Crippen molar-refractivity contribution in [3.05, 3.63) is 59.4 Å². The molecule has 1 unspecified atom stereocenters. The minimum absolute atomic E-state index is 0.317. The van der Waals surface area contributed by atoms with E-state index in [1.165, 1.54) is 12.1 Å².